The van der Waals surface area contributed by atoms with Crippen molar-refractivity contribution in [1.29, 1.82) is 0 Å². The number of carbonyl (C=O) groups excluding carboxylic acids is 2. The highest BCUT2D eigenvalue weighted by Gasteiger charge is 2.36. The number of nitrogens with zero attached hydrogens (tertiary/aromatic N) is 3. The fourth-order valence-corrected chi connectivity index (χ4v) is 3.78. The number of nitrogens with two attached hydrogens (primary N) is 1. The Morgan fingerprint density at radius 1 is 1.22 bits per heavy atom. The first-order chi connectivity index (χ1) is 11.1. The van der Waals surface area contributed by atoms with Gasteiger partial charge in [0.25, 0.3) is 5.91 Å². The zero-order chi connectivity index (χ0) is 16.4. The van der Waals surface area contributed by atoms with E-state index in [1.165, 1.54) is 0 Å². The maximum absolute atomic E-state index is 12.5. The minimum Gasteiger partial charge on any atom is -0.368 e. The quantitative estimate of drug-likeness (QED) is 0.902. The monoisotopic (exact) mass is 336 g/mol. The highest BCUT2D eigenvalue weighted by atomic mass is 35.5. The number of pyridine rings is 1. The third-order valence-corrected chi connectivity index (χ3v) is 5.02. The Labute approximate surface area is 140 Å². The van der Waals surface area contributed by atoms with Crippen molar-refractivity contribution in [3.63, 3.8) is 0 Å². The summed E-state index contributed by atoms with van der Waals surface area (Å²) in [5.41, 5.74) is 5.88. The van der Waals surface area contributed by atoms with E-state index in [1.807, 2.05) is 4.90 Å². The molecule has 7 heteroatoms. The number of piperidine rings is 1. The maximum atomic E-state index is 12.5. The lowest BCUT2D eigenvalue weighted by Gasteiger charge is -2.38. The second-order valence-electron chi connectivity index (χ2n) is 6.18. The van der Waals surface area contributed by atoms with Crippen molar-refractivity contribution in [2.45, 2.75) is 37.8 Å². The molecule has 0 bridgehead atoms. The Kier molecular flexibility index (Phi) is 4.82. The average Bonchev–Trinajstić information content (AvgIpc) is 3.04. The zero-order valence-corrected chi connectivity index (χ0v) is 13.7. The molecule has 1 aromatic heterocycles. The van der Waals surface area contributed by atoms with Crippen molar-refractivity contribution >= 4 is 23.4 Å². The molecule has 3 rings (SSSR count). The molecule has 124 valence electrons. The van der Waals surface area contributed by atoms with Crippen LogP contribution in [-0.4, -0.2) is 58.3 Å². The van der Waals surface area contributed by atoms with Crippen LogP contribution in [0.5, 0.6) is 0 Å². The van der Waals surface area contributed by atoms with Crippen LogP contribution in [-0.2, 0) is 4.79 Å². The number of hydrogen-bond donors (Lipinski definition) is 1. The van der Waals surface area contributed by atoms with Gasteiger partial charge >= 0.3 is 0 Å². The molecular weight excluding hydrogens is 316 g/mol. The van der Waals surface area contributed by atoms with Crippen molar-refractivity contribution in [3.8, 4) is 0 Å². The van der Waals surface area contributed by atoms with Gasteiger partial charge < -0.3 is 10.6 Å². The number of carbonyl (C=O) groups is 2. The highest BCUT2D eigenvalue weighted by molar-refractivity contribution is 6.30. The Balaban J connectivity index is 1.60. The standard InChI is InChI=1S/C16H21ClN4O2/c17-11-3-6-19-13(10-11)16(23)20-8-4-12(5-9-20)21-7-1-2-14(21)15(18)22/h3,6,10,12,14H,1-2,4-5,7-9H2,(H2,18,22). The van der Waals surface area contributed by atoms with Crippen molar-refractivity contribution in [1.82, 2.24) is 14.8 Å². The lowest BCUT2D eigenvalue weighted by atomic mass is 10.0. The average molecular weight is 337 g/mol. The van der Waals surface area contributed by atoms with Crippen LogP contribution in [0.15, 0.2) is 18.3 Å². The van der Waals surface area contributed by atoms with Gasteiger partial charge in [0.05, 0.1) is 6.04 Å². The van der Waals surface area contributed by atoms with Gasteiger partial charge in [-0.1, -0.05) is 11.6 Å². The molecule has 0 spiro atoms. The van der Waals surface area contributed by atoms with Gasteiger partial charge in [0.1, 0.15) is 5.69 Å². The summed E-state index contributed by atoms with van der Waals surface area (Å²) in [7, 11) is 0. The third-order valence-electron chi connectivity index (χ3n) is 4.78. The van der Waals surface area contributed by atoms with Crippen molar-refractivity contribution in [3.05, 3.63) is 29.0 Å². The first-order valence-corrected chi connectivity index (χ1v) is 8.40. The summed E-state index contributed by atoms with van der Waals surface area (Å²) in [6.07, 6.45) is 5.12. The fraction of sp³-hybridized carbons (Fsp3) is 0.562. The molecule has 23 heavy (non-hydrogen) atoms. The van der Waals surface area contributed by atoms with Gasteiger partial charge in [-0.15, -0.1) is 0 Å². The zero-order valence-electron chi connectivity index (χ0n) is 12.9. The van der Waals surface area contributed by atoms with E-state index >= 15 is 0 Å². The largest absolute Gasteiger partial charge is 0.368 e. The third kappa shape index (κ3) is 3.48. The van der Waals surface area contributed by atoms with Gasteiger partial charge in [-0.3, -0.25) is 19.5 Å². The first kappa shape index (κ1) is 16.2. The van der Waals surface area contributed by atoms with Gasteiger partial charge in [0.2, 0.25) is 5.91 Å². The number of amides is 2. The molecule has 2 amide bonds. The van der Waals surface area contributed by atoms with Crippen molar-refractivity contribution in [2.24, 2.45) is 5.73 Å². The number of halogens is 1. The van der Waals surface area contributed by atoms with E-state index < -0.39 is 0 Å². The molecule has 2 aliphatic rings. The van der Waals surface area contributed by atoms with E-state index in [9.17, 15) is 9.59 Å². The van der Waals surface area contributed by atoms with Crippen LogP contribution in [0.4, 0.5) is 0 Å². The van der Waals surface area contributed by atoms with E-state index in [0.29, 0.717) is 29.8 Å². The number of aromatic nitrogens is 1. The van der Waals surface area contributed by atoms with E-state index in [0.717, 1.165) is 32.2 Å². The molecule has 1 atom stereocenters. The van der Waals surface area contributed by atoms with Crippen LogP contribution in [0.25, 0.3) is 0 Å². The number of rotatable bonds is 3. The van der Waals surface area contributed by atoms with Crippen LogP contribution in [0.2, 0.25) is 5.02 Å². The highest BCUT2D eigenvalue weighted by Crippen LogP contribution is 2.26. The van der Waals surface area contributed by atoms with Crippen LogP contribution < -0.4 is 5.73 Å². The van der Waals surface area contributed by atoms with Crippen molar-refractivity contribution < 1.29 is 9.59 Å². The summed E-state index contributed by atoms with van der Waals surface area (Å²) in [6, 6.07) is 3.44. The lowest BCUT2D eigenvalue weighted by Crippen LogP contribution is -2.51. The number of likely N-dealkylation sites (tertiary alicyclic amines) is 2. The Bertz CT molecular complexity index is 601. The van der Waals surface area contributed by atoms with Gasteiger partial charge in [0, 0.05) is 30.4 Å². The number of primary amides is 1. The second-order valence-corrected chi connectivity index (χ2v) is 6.62. The topological polar surface area (TPSA) is 79.5 Å². The molecule has 1 unspecified atom stereocenters. The molecule has 0 radical (unpaired) electrons. The Morgan fingerprint density at radius 3 is 2.61 bits per heavy atom. The lowest BCUT2D eigenvalue weighted by molar-refractivity contribution is -0.123. The van der Waals surface area contributed by atoms with Gasteiger partial charge in [-0.25, -0.2) is 0 Å². The van der Waals surface area contributed by atoms with Crippen LogP contribution in [0.1, 0.15) is 36.2 Å². The summed E-state index contributed by atoms with van der Waals surface area (Å²) in [4.78, 5) is 32.1. The molecular formula is C16H21ClN4O2. The minimum atomic E-state index is -0.232. The molecule has 2 saturated heterocycles. The second kappa shape index (κ2) is 6.84. The van der Waals surface area contributed by atoms with E-state index in [2.05, 4.69) is 9.88 Å². The van der Waals surface area contributed by atoms with Crippen LogP contribution >= 0.6 is 11.6 Å². The minimum absolute atomic E-state index is 0.0844. The fourth-order valence-electron chi connectivity index (χ4n) is 3.62. The molecule has 2 aliphatic heterocycles. The van der Waals surface area contributed by atoms with Gasteiger partial charge in [-0.2, -0.15) is 0 Å². The molecule has 0 aromatic carbocycles. The predicted molar refractivity (Wildman–Crippen MR) is 87.1 cm³/mol. The summed E-state index contributed by atoms with van der Waals surface area (Å²) in [6.45, 7) is 2.25. The summed E-state index contributed by atoms with van der Waals surface area (Å²) < 4.78 is 0. The summed E-state index contributed by atoms with van der Waals surface area (Å²) in [5, 5.41) is 0.514. The molecule has 0 aliphatic carbocycles. The molecule has 2 fully saturated rings. The molecule has 1 aromatic rings. The number of hydrogen-bond acceptors (Lipinski definition) is 4. The Morgan fingerprint density at radius 2 is 1.96 bits per heavy atom. The van der Waals surface area contributed by atoms with E-state index in [-0.39, 0.29) is 17.9 Å². The Hall–Kier alpha value is -1.66. The normalized spacial score (nSPS) is 23.2. The summed E-state index contributed by atoms with van der Waals surface area (Å²) >= 11 is 5.92. The van der Waals surface area contributed by atoms with E-state index in [1.54, 1.807) is 18.3 Å². The molecule has 3 heterocycles. The maximum Gasteiger partial charge on any atom is 0.272 e. The molecule has 6 nitrogen and oxygen atoms in total. The molecule has 0 saturated carbocycles. The summed E-state index contributed by atoms with van der Waals surface area (Å²) in [5.74, 6) is -0.317. The SMILES string of the molecule is NC(=O)C1CCCN1C1CCN(C(=O)c2cc(Cl)ccn2)CC1. The van der Waals surface area contributed by atoms with Crippen LogP contribution in [0.3, 0.4) is 0 Å². The molecule has 2 N–H and O–H groups in total. The predicted octanol–water partition coefficient (Wildman–Crippen LogP) is 1.29. The smallest absolute Gasteiger partial charge is 0.272 e. The van der Waals surface area contributed by atoms with Gasteiger partial charge in [0.15, 0.2) is 0 Å². The van der Waals surface area contributed by atoms with Crippen molar-refractivity contribution in [2.75, 3.05) is 19.6 Å². The van der Waals surface area contributed by atoms with Crippen LogP contribution in [0, 0.1) is 0 Å². The van der Waals surface area contributed by atoms with Gasteiger partial charge in [-0.05, 0) is 44.4 Å². The first-order valence-electron chi connectivity index (χ1n) is 8.02. The van der Waals surface area contributed by atoms with E-state index in [4.69, 9.17) is 17.3 Å².